The van der Waals surface area contributed by atoms with E-state index < -0.39 is 12.1 Å². The summed E-state index contributed by atoms with van der Waals surface area (Å²) in [5.41, 5.74) is 2.99. The van der Waals surface area contributed by atoms with Crippen molar-refractivity contribution in [2.24, 2.45) is 5.92 Å². The maximum Gasteiger partial charge on any atom is 0.490 e. The third kappa shape index (κ3) is 6.70. The molecule has 1 fully saturated rings. The maximum atomic E-state index is 13.3. The minimum absolute atomic E-state index is 0.230. The van der Waals surface area contributed by atoms with Crippen LogP contribution in [0.1, 0.15) is 30.1 Å². The molecule has 1 saturated carbocycles. The minimum Gasteiger partial charge on any atom is -0.475 e. The Labute approximate surface area is 183 Å². The quantitative estimate of drug-likeness (QED) is 0.459. The Balaban J connectivity index is 0.000000339. The summed E-state index contributed by atoms with van der Waals surface area (Å²) >= 11 is 3.50. The number of hydrogen-bond acceptors (Lipinski definition) is 4. The number of hydrogen-bond donors (Lipinski definition) is 2. The van der Waals surface area contributed by atoms with Gasteiger partial charge in [0.1, 0.15) is 5.82 Å². The van der Waals surface area contributed by atoms with Gasteiger partial charge in [-0.05, 0) is 70.6 Å². The molecule has 10 heteroatoms. The first-order valence-electron chi connectivity index (χ1n) is 9.32. The highest BCUT2D eigenvalue weighted by Gasteiger charge is 2.38. The van der Waals surface area contributed by atoms with Crippen LogP contribution in [0.5, 0.6) is 0 Å². The average Bonchev–Trinajstić information content (AvgIpc) is 3.53. The summed E-state index contributed by atoms with van der Waals surface area (Å²) < 4.78 is 46.0. The summed E-state index contributed by atoms with van der Waals surface area (Å²) in [5.74, 6) is -2.32. The lowest BCUT2D eigenvalue weighted by atomic mass is 10.0. The lowest BCUT2D eigenvalue weighted by molar-refractivity contribution is -0.192. The first-order chi connectivity index (χ1) is 14.6. The number of aliphatic carboxylic acids is 1. The molecule has 0 bridgehead atoms. The van der Waals surface area contributed by atoms with Gasteiger partial charge in [-0.3, -0.25) is 9.97 Å². The van der Waals surface area contributed by atoms with Crippen molar-refractivity contribution in [3.05, 3.63) is 70.3 Å². The summed E-state index contributed by atoms with van der Waals surface area (Å²) in [6, 6.07) is 11.0. The molecule has 31 heavy (non-hydrogen) atoms. The van der Waals surface area contributed by atoms with Crippen LogP contribution in [0.2, 0.25) is 0 Å². The molecular weight excluding hydrogens is 482 g/mol. The Bertz CT molecular complexity index is 1070. The number of benzene rings is 1. The van der Waals surface area contributed by atoms with Crippen molar-refractivity contribution < 1.29 is 27.5 Å². The van der Waals surface area contributed by atoms with E-state index in [1.54, 1.807) is 12.3 Å². The number of carbonyl (C=O) groups is 1. The standard InChI is InChI=1S/C19H17BrFN3.C2HF3O2/c20-15-7-14(9-22-10-15)19(12-1-2-12)23-11-17-5-3-13-8-16(21)4-6-18(13)24-17;3-2(4,5)1(6)7/h3-10,12,19,23H,1-2,11H2;(H,6,7). The number of nitrogens with one attached hydrogen (secondary N) is 1. The molecule has 1 unspecified atom stereocenters. The Hall–Kier alpha value is -2.59. The molecule has 164 valence electrons. The van der Waals surface area contributed by atoms with Crippen molar-refractivity contribution in [3.8, 4) is 0 Å². The highest BCUT2D eigenvalue weighted by molar-refractivity contribution is 9.10. The van der Waals surface area contributed by atoms with Crippen LogP contribution >= 0.6 is 15.9 Å². The topological polar surface area (TPSA) is 75.1 Å². The van der Waals surface area contributed by atoms with Crippen LogP contribution in [-0.4, -0.2) is 27.2 Å². The Kier molecular flexibility index (Phi) is 7.22. The normalized spacial score (nSPS) is 14.6. The van der Waals surface area contributed by atoms with Gasteiger partial charge < -0.3 is 10.4 Å². The Morgan fingerprint density at radius 2 is 1.90 bits per heavy atom. The van der Waals surface area contributed by atoms with Crippen molar-refractivity contribution in [1.29, 1.82) is 0 Å². The minimum atomic E-state index is -5.08. The lowest BCUT2D eigenvalue weighted by Crippen LogP contribution is -2.23. The average molecular weight is 500 g/mol. The molecule has 3 aromatic rings. The molecule has 0 saturated heterocycles. The number of pyridine rings is 2. The first-order valence-corrected chi connectivity index (χ1v) is 10.1. The largest absolute Gasteiger partial charge is 0.490 e. The number of carboxylic acids is 1. The van der Waals surface area contributed by atoms with Crippen LogP contribution in [-0.2, 0) is 11.3 Å². The van der Waals surface area contributed by atoms with Crippen LogP contribution < -0.4 is 5.32 Å². The summed E-state index contributed by atoms with van der Waals surface area (Å²) in [4.78, 5) is 17.8. The van der Waals surface area contributed by atoms with E-state index >= 15 is 0 Å². The van der Waals surface area contributed by atoms with Gasteiger partial charge in [-0.25, -0.2) is 9.18 Å². The zero-order chi connectivity index (χ0) is 22.6. The van der Waals surface area contributed by atoms with Crippen molar-refractivity contribution in [3.63, 3.8) is 0 Å². The van der Waals surface area contributed by atoms with Gasteiger partial charge >= 0.3 is 12.1 Å². The molecule has 2 heterocycles. The van der Waals surface area contributed by atoms with E-state index in [4.69, 9.17) is 9.90 Å². The highest BCUT2D eigenvalue weighted by atomic mass is 79.9. The van der Waals surface area contributed by atoms with Gasteiger partial charge in [0.15, 0.2) is 0 Å². The zero-order valence-electron chi connectivity index (χ0n) is 16.0. The molecular formula is C21H18BrF4N3O2. The molecule has 1 aliphatic carbocycles. The van der Waals surface area contributed by atoms with Gasteiger partial charge in [0.05, 0.1) is 11.2 Å². The Morgan fingerprint density at radius 1 is 1.19 bits per heavy atom. The van der Waals surface area contributed by atoms with E-state index in [1.165, 1.54) is 30.5 Å². The molecule has 0 radical (unpaired) electrons. The van der Waals surface area contributed by atoms with E-state index in [9.17, 15) is 17.6 Å². The molecule has 0 amide bonds. The predicted octanol–water partition coefficient (Wildman–Crippen LogP) is 5.41. The first kappa shape index (κ1) is 23.1. The summed E-state index contributed by atoms with van der Waals surface area (Å²) in [5, 5.41) is 11.6. The third-order valence-corrected chi connectivity index (χ3v) is 5.07. The molecule has 5 nitrogen and oxygen atoms in total. The fourth-order valence-electron chi connectivity index (χ4n) is 3.04. The van der Waals surface area contributed by atoms with E-state index in [2.05, 4.69) is 37.3 Å². The SMILES string of the molecule is Fc1ccc2nc(CNC(c3cncc(Br)c3)C3CC3)ccc2c1.O=C(O)C(F)(F)F. The van der Waals surface area contributed by atoms with Crippen LogP contribution in [0.3, 0.4) is 0 Å². The summed E-state index contributed by atoms with van der Waals surface area (Å²) in [7, 11) is 0. The van der Waals surface area contributed by atoms with Crippen LogP contribution in [0.25, 0.3) is 10.9 Å². The van der Waals surface area contributed by atoms with E-state index in [0.29, 0.717) is 18.5 Å². The molecule has 1 aliphatic rings. The van der Waals surface area contributed by atoms with Crippen LogP contribution in [0.4, 0.5) is 17.6 Å². The van der Waals surface area contributed by atoms with Crippen molar-refractivity contribution in [1.82, 2.24) is 15.3 Å². The van der Waals surface area contributed by atoms with Gasteiger partial charge in [0.25, 0.3) is 0 Å². The smallest absolute Gasteiger partial charge is 0.475 e. The van der Waals surface area contributed by atoms with Crippen molar-refractivity contribution >= 4 is 32.8 Å². The van der Waals surface area contributed by atoms with Crippen molar-refractivity contribution in [2.75, 3.05) is 0 Å². The van der Waals surface area contributed by atoms with Crippen molar-refractivity contribution in [2.45, 2.75) is 31.6 Å². The number of rotatable bonds is 5. The molecule has 0 spiro atoms. The third-order valence-electron chi connectivity index (χ3n) is 4.63. The molecule has 1 aromatic carbocycles. The summed E-state index contributed by atoms with van der Waals surface area (Å²) in [6.45, 7) is 0.682. The van der Waals surface area contributed by atoms with Gasteiger partial charge in [0.2, 0.25) is 0 Å². The molecule has 2 aromatic heterocycles. The predicted molar refractivity (Wildman–Crippen MR) is 110 cm³/mol. The second-order valence-electron chi connectivity index (χ2n) is 7.08. The number of nitrogens with zero attached hydrogens (tertiary/aromatic N) is 2. The molecule has 0 aliphatic heterocycles. The van der Waals surface area contributed by atoms with Crippen LogP contribution in [0, 0.1) is 11.7 Å². The van der Waals surface area contributed by atoms with Gasteiger partial charge in [-0.1, -0.05) is 6.07 Å². The molecule has 2 N–H and O–H groups in total. The van der Waals surface area contributed by atoms with Gasteiger partial charge in [-0.2, -0.15) is 13.2 Å². The van der Waals surface area contributed by atoms with Crippen LogP contribution in [0.15, 0.2) is 53.3 Å². The number of halogens is 5. The molecule has 1 atom stereocenters. The van der Waals surface area contributed by atoms with E-state index in [0.717, 1.165) is 21.1 Å². The number of alkyl halides is 3. The monoisotopic (exact) mass is 499 g/mol. The highest BCUT2D eigenvalue weighted by Crippen LogP contribution is 2.41. The second kappa shape index (κ2) is 9.69. The number of aromatic nitrogens is 2. The summed E-state index contributed by atoms with van der Waals surface area (Å²) in [6.07, 6.45) is 1.14. The van der Waals surface area contributed by atoms with E-state index in [1.807, 2.05) is 18.3 Å². The number of carboxylic acid groups (broad SMARTS) is 1. The van der Waals surface area contributed by atoms with Gasteiger partial charge in [0, 0.05) is 34.8 Å². The second-order valence-corrected chi connectivity index (χ2v) is 7.99. The number of fused-ring (bicyclic) bond motifs is 1. The fourth-order valence-corrected chi connectivity index (χ4v) is 3.42. The maximum absolute atomic E-state index is 13.3. The molecule has 4 rings (SSSR count). The lowest BCUT2D eigenvalue weighted by Gasteiger charge is -2.18. The zero-order valence-corrected chi connectivity index (χ0v) is 17.6. The Morgan fingerprint density at radius 3 is 2.52 bits per heavy atom. The van der Waals surface area contributed by atoms with Gasteiger partial charge in [-0.15, -0.1) is 0 Å². The van der Waals surface area contributed by atoms with E-state index in [-0.39, 0.29) is 5.82 Å². The fraction of sp³-hybridized carbons (Fsp3) is 0.286.